The van der Waals surface area contributed by atoms with Gasteiger partial charge < -0.3 is 9.47 Å². The third-order valence-corrected chi connectivity index (χ3v) is 2.80. The van der Waals surface area contributed by atoms with Crippen LogP contribution in [0.5, 0.6) is 0 Å². The first-order valence-electron chi connectivity index (χ1n) is 8.04. The zero-order valence-corrected chi connectivity index (χ0v) is 15.8. The molecule has 0 atom stereocenters. The first kappa shape index (κ1) is 20.4. The van der Waals surface area contributed by atoms with Crippen LogP contribution in [-0.4, -0.2) is 28.4 Å². The number of aromatic nitrogens is 1. The highest BCUT2D eigenvalue weighted by Crippen LogP contribution is 2.22. The van der Waals surface area contributed by atoms with Crippen molar-refractivity contribution in [1.29, 1.82) is 5.26 Å². The average Bonchev–Trinajstić information content (AvgIpc) is 2.43. The third kappa shape index (κ3) is 6.07. The normalized spacial score (nSPS) is 11.4. The van der Waals surface area contributed by atoms with Crippen molar-refractivity contribution in [2.45, 2.75) is 66.1 Å². The largest absolute Gasteiger partial charge is 0.443 e. The minimum atomic E-state index is -0.888. The van der Waals surface area contributed by atoms with Gasteiger partial charge in [-0.3, -0.25) is 0 Å². The predicted molar refractivity (Wildman–Crippen MR) is 93.3 cm³/mol. The van der Waals surface area contributed by atoms with E-state index in [1.54, 1.807) is 41.5 Å². The molecule has 0 radical (unpaired) electrons. The van der Waals surface area contributed by atoms with Gasteiger partial charge in [0.25, 0.3) is 0 Å². The SMILES string of the molecule is CCc1nc(N(C(=O)OC(C)(C)C)C(=O)OC(C)(C)C)ccc1C#N. The highest BCUT2D eigenvalue weighted by molar-refractivity contribution is 6.08. The minimum absolute atomic E-state index is 0.0550. The van der Waals surface area contributed by atoms with Crippen LogP contribution in [0.15, 0.2) is 12.1 Å². The quantitative estimate of drug-likeness (QED) is 0.796. The number of carbonyl (C=O) groups is 2. The van der Waals surface area contributed by atoms with E-state index in [0.29, 0.717) is 17.7 Å². The van der Waals surface area contributed by atoms with Gasteiger partial charge in [0, 0.05) is 0 Å². The van der Waals surface area contributed by atoms with Crippen molar-refractivity contribution < 1.29 is 19.1 Å². The van der Waals surface area contributed by atoms with Gasteiger partial charge in [-0.2, -0.15) is 10.2 Å². The zero-order valence-electron chi connectivity index (χ0n) is 15.8. The zero-order chi connectivity index (χ0) is 19.4. The molecule has 7 nitrogen and oxygen atoms in total. The molecule has 0 unspecified atom stereocenters. The van der Waals surface area contributed by atoms with Crippen molar-refractivity contribution >= 4 is 18.0 Å². The molecule has 0 spiro atoms. The van der Waals surface area contributed by atoms with Crippen LogP contribution >= 0.6 is 0 Å². The first-order chi connectivity index (χ1) is 11.4. The van der Waals surface area contributed by atoms with E-state index in [4.69, 9.17) is 14.7 Å². The van der Waals surface area contributed by atoms with Gasteiger partial charge in [-0.15, -0.1) is 0 Å². The number of aryl methyl sites for hydroxylation is 1. The number of ether oxygens (including phenoxy) is 2. The van der Waals surface area contributed by atoms with Gasteiger partial charge in [-0.25, -0.2) is 14.6 Å². The number of hydrogen-bond acceptors (Lipinski definition) is 6. The van der Waals surface area contributed by atoms with Crippen molar-refractivity contribution in [2.75, 3.05) is 4.90 Å². The number of pyridine rings is 1. The molecule has 1 rings (SSSR count). The van der Waals surface area contributed by atoms with Gasteiger partial charge in [0.1, 0.15) is 23.1 Å². The molecule has 136 valence electrons. The number of imide groups is 1. The van der Waals surface area contributed by atoms with Crippen molar-refractivity contribution in [1.82, 2.24) is 4.98 Å². The van der Waals surface area contributed by atoms with E-state index >= 15 is 0 Å². The number of anilines is 1. The van der Waals surface area contributed by atoms with E-state index < -0.39 is 23.4 Å². The summed E-state index contributed by atoms with van der Waals surface area (Å²) >= 11 is 0. The maximum atomic E-state index is 12.5. The fourth-order valence-corrected chi connectivity index (χ4v) is 1.86. The number of carbonyl (C=O) groups excluding carboxylic acids is 2. The summed E-state index contributed by atoms with van der Waals surface area (Å²) in [5.74, 6) is 0.0550. The Balaban J connectivity index is 3.34. The molecule has 0 N–H and O–H groups in total. The maximum absolute atomic E-state index is 12.5. The van der Waals surface area contributed by atoms with Crippen molar-refractivity contribution in [3.8, 4) is 6.07 Å². The summed E-state index contributed by atoms with van der Waals surface area (Å²) in [5, 5.41) is 9.12. The third-order valence-electron chi connectivity index (χ3n) is 2.80. The molecule has 2 amide bonds. The summed E-state index contributed by atoms with van der Waals surface area (Å²) < 4.78 is 10.6. The Labute approximate surface area is 148 Å². The molecule has 1 aromatic rings. The van der Waals surface area contributed by atoms with Crippen LogP contribution in [0.4, 0.5) is 15.4 Å². The maximum Gasteiger partial charge on any atom is 0.425 e. The van der Waals surface area contributed by atoms with Crippen LogP contribution in [-0.2, 0) is 15.9 Å². The molecule has 0 aliphatic carbocycles. The average molecular weight is 347 g/mol. The topological polar surface area (TPSA) is 92.5 Å². The van der Waals surface area contributed by atoms with E-state index in [1.807, 2.05) is 13.0 Å². The lowest BCUT2D eigenvalue weighted by Gasteiger charge is -2.28. The molecule has 0 fully saturated rings. The smallest absolute Gasteiger partial charge is 0.425 e. The van der Waals surface area contributed by atoms with Crippen molar-refractivity contribution in [3.05, 3.63) is 23.4 Å². The van der Waals surface area contributed by atoms with E-state index in [2.05, 4.69) is 4.98 Å². The monoisotopic (exact) mass is 347 g/mol. The Kier molecular flexibility index (Phi) is 6.14. The van der Waals surface area contributed by atoms with Crippen molar-refractivity contribution in [2.24, 2.45) is 0 Å². The Morgan fingerprint density at radius 2 is 1.56 bits per heavy atom. The first-order valence-corrected chi connectivity index (χ1v) is 8.04. The molecule has 0 aliphatic heterocycles. The van der Waals surface area contributed by atoms with Crippen LogP contribution in [0.3, 0.4) is 0 Å². The molecule has 0 aromatic carbocycles. The summed E-state index contributed by atoms with van der Waals surface area (Å²) in [6.07, 6.45) is -1.30. The van der Waals surface area contributed by atoms with Gasteiger partial charge in [-0.05, 0) is 60.1 Å². The number of nitrogens with zero attached hydrogens (tertiary/aromatic N) is 3. The van der Waals surface area contributed by atoms with Crippen LogP contribution < -0.4 is 4.90 Å². The summed E-state index contributed by atoms with van der Waals surface area (Å²) in [5.41, 5.74) is -0.716. The van der Waals surface area contributed by atoms with Crippen LogP contribution in [0.1, 0.15) is 59.7 Å². The molecule has 1 heterocycles. The molecule has 1 aromatic heterocycles. The standard InChI is InChI=1S/C18H25N3O4/c1-8-13-12(11-19)9-10-14(20-13)21(15(22)24-17(2,3)4)16(23)25-18(5,6)7/h9-10H,8H2,1-7H3. The van der Waals surface area contributed by atoms with Gasteiger partial charge in [0.2, 0.25) is 0 Å². The Morgan fingerprint density at radius 3 is 1.92 bits per heavy atom. The minimum Gasteiger partial charge on any atom is -0.443 e. The molecule has 7 heteroatoms. The van der Waals surface area contributed by atoms with Crippen LogP contribution in [0.25, 0.3) is 0 Å². The Morgan fingerprint density at radius 1 is 1.08 bits per heavy atom. The summed E-state index contributed by atoms with van der Waals surface area (Å²) in [6.45, 7) is 12.0. The van der Waals surface area contributed by atoms with Gasteiger partial charge in [0.15, 0.2) is 0 Å². The number of amides is 2. The summed E-state index contributed by atoms with van der Waals surface area (Å²) in [7, 11) is 0. The fourth-order valence-electron chi connectivity index (χ4n) is 1.86. The Bertz CT molecular complexity index is 666. The number of hydrogen-bond donors (Lipinski definition) is 0. The van der Waals surface area contributed by atoms with Gasteiger partial charge in [0.05, 0.1) is 11.3 Å². The molecule has 0 saturated carbocycles. The molecule has 0 aliphatic rings. The van der Waals surface area contributed by atoms with E-state index in [-0.39, 0.29) is 5.82 Å². The van der Waals surface area contributed by atoms with E-state index in [1.165, 1.54) is 12.1 Å². The van der Waals surface area contributed by atoms with E-state index in [0.717, 1.165) is 4.90 Å². The lowest BCUT2D eigenvalue weighted by Crippen LogP contribution is -2.44. The molecule has 0 bridgehead atoms. The van der Waals surface area contributed by atoms with Crippen LogP contribution in [0.2, 0.25) is 0 Å². The van der Waals surface area contributed by atoms with Gasteiger partial charge in [-0.1, -0.05) is 6.92 Å². The number of nitriles is 1. The molecule has 25 heavy (non-hydrogen) atoms. The van der Waals surface area contributed by atoms with E-state index in [9.17, 15) is 9.59 Å². The highest BCUT2D eigenvalue weighted by atomic mass is 16.6. The lowest BCUT2D eigenvalue weighted by atomic mass is 10.1. The molecular formula is C18H25N3O4. The summed E-state index contributed by atoms with van der Waals surface area (Å²) in [4.78, 5) is 30.1. The second-order valence-corrected chi connectivity index (χ2v) is 7.43. The van der Waals surface area contributed by atoms with Crippen LogP contribution in [0, 0.1) is 11.3 Å². The fraction of sp³-hybridized carbons (Fsp3) is 0.556. The van der Waals surface area contributed by atoms with Gasteiger partial charge >= 0.3 is 12.2 Å². The number of rotatable bonds is 2. The lowest BCUT2D eigenvalue weighted by molar-refractivity contribution is 0.0429. The Hall–Kier alpha value is -2.62. The summed E-state index contributed by atoms with van der Waals surface area (Å²) in [6, 6.07) is 4.97. The van der Waals surface area contributed by atoms with Crippen molar-refractivity contribution in [3.63, 3.8) is 0 Å². The highest BCUT2D eigenvalue weighted by Gasteiger charge is 2.33. The molecular weight excluding hydrogens is 322 g/mol. The predicted octanol–water partition coefficient (Wildman–Crippen LogP) is 4.19. The molecule has 0 saturated heterocycles. The second-order valence-electron chi connectivity index (χ2n) is 7.43. The second kappa shape index (κ2) is 7.51.